The number of nitrogens with zero attached hydrogens (tertiary/aromatic N) is 3. The topological polar surface area (TPSA) is 58.9 Å². The van der Waals surface area contributed by atoms with Crippen LogP contribution in [0.5, 0.6) is 0 Å². The lowest BCUT2D eigenvalue weighted by atomic mass is 10.2. The van der Waals surface area contributed by atoms with Gasteiger partial charge in [0.2, 0.25) is 0 Å². The molecule has 0 atom stereocenters. The van der Waals surface area contributed by atoms with Crippen molar-refractivity contribution < 1.29 is 5.11 Å². The molecule has 0 amide bonds. The van der Waals surface area contributed by atoms with Gasteiger partial charge in [-0.25, -0.2) is 9.97 Å². The quantitative estimate of drug-likeness (QED) is 0.827. The van der Waals surface area contributed by atoms with Crippen molar-refractivity contribution in [3.63, 3.8) is 0 Å². The summed E-state index contributed by atoms with van der Waals surface area (Å²) < 4.78 is 0. The van der Waals surface area contributed by atoms with Gasteiger partial charge in [0.15, 0.2) is 5.82 Å². The molecule has 16 heavy (non-hydrogen) atoms. The van der Waals surface area contributed by atoms with E-state index in [-0.39, 0.29) is 6.61 Å². The van der Waals surface area contributed by atoms with Crippen molar-refractivity contribution in [2.75, 3.05) is 0 Å². The SMILES string of the molecule is Cc1cc(CO)nc(-c2ncccc2C)n1. The number of hydrogen-bond acceptors (Lipinski definition) is 4. The first kappa shape index (κ1) is 10.7. The maximum Gasteiger partial charge on any atom is 0.178 e. The second-order valence-electron chi connectivity index (χ2n) is 3.65. The van der Waals surface area contributed by atoms with E-state index in [2.05, 4.69) is 15.0 Å². The van der Waals surface area contributed by atoms with E-state index in [4.69, 9.17) is 5.11 Å². The van der Waals surface area contributed by atoms with E-state index >= 15 is 0 Å². The molecule has 2 heterocycles. The molecule has 0 spiro atoms. The number of hydrogen-bond donors (Lipinski definition) is 1. The van der Waals surface area contributed by atoms with Crippen molar-refractivity contribution in [2.24, 2.45) is 0 Å². The summed E-state index contributed by atoms with van der Waals surface area (Å²) in [7, 11) is 0. The van der Waals surface area contributed by atoms with Crippen LogP contribution in [0.3, 0.4) is 0 Å². The van der Waals surface area contributed by atoms with Crippen LogP contribution < -0.4 is 0 Å². The lowest BCUT2D eigenvalue weighted by Gasteiger charge is -2.05. The smallest absolute Gasteiger partial charge is 0.178 e. The molecule has 4 nitrogen and oxygen atoms in total. The third-order valence-electron chi connectivity index (χ3n) is 2.29. The molecule has 2 aromatic rings. The standard InChI is InChI=1S/C12H13N3O/c1-8-4-3-5-13-11(8)12-14-9(2)6-10(7-16)15-12/h3-6,16H,7H2,1-2H3. The van der Waals surface area contributed by atoms with Crippen LogP contribution in [-0.4, -0.2) is 20.1 Å². The molecule has 0 aromatic carbocycles. The van der Waals surface area contributed by atoms with Gasteiger partial charge in [-0.2, -0.15) is 0 Å². The highest BCUT2D eigenvalue weighted by molar-refractivity contribution is 5.54. The number of aliphatic hydroxyl groups excluding tert-OH is 1. The number of aromatic nitrogens is 3. The second-order valence-corrected chi connectivity index (χ2v) is 3.65. The Morgan fingerprint density at radius 3 is 2.75 bits per heavy atom. The molecule has 0 radical (unpaired) electrons. The minimum Gasteiger partial charge on any atom is -0.390 e. The summed E-state index contributed by atoms with van der Waals surface area (Å²) in [6.45, 7) is 3.76. The van der Waals surface area contributed by atoms with Gasteiger partial charge < -0.3 is 5.11 Å². The van der Waals surface area contributed by atoms with Crippen LogP contribution in [0, 0.1) is 13.8 Å². The molecule has 0 aliphatic rings. The first-order valence-corrected chi connectivity index (χ1v) is 5.08. The maximum absolute atomic E-state index is 9.09. The Morgan fingerprint density at radius 2 is 2.06 bits per heavy atom. The van der Waals surface area contributed by atoms with E-state index in [1.807, 2.05) is 26.0 Å². The minimum absolute atomic E-state index is 0.0811. The van der Waals surface area contributed by atoms with Crippen molar-refractivity contribution in [1.29, 1.82) is 0 Å². The summed E-state index contributed by atoms with van der Waals surface area (Å²) in [6.07, 6.45) is 1.71. The molecule has 0 bridgehead atoms. The zero-order valence-corrected chi connectivity index (χ0v) is 9.31. The average molecular weight is 215 g/mol. The van der Waals surface area contributed by atoms with E-state index < -0.39 is 0 Å². The minimum atomic E-state index is -0.0811. The summed E-state index contributed by atoms with van der Waals surface area (Å²) in [5.74, 6) is 0.571. The molecule has 1 N–H and O–H groups in total. The molecule has 0 fully saturated rings. The molecule has 0 saturated carbocycles. The van der Waals surface area contributed by atoms with Gasteiger partial charge in [-0.15, -0.1) is 0 Å². The van der Waals surface area contributed by atoms with Crippen LogP contribution in [0.1, 0.15) is 17.0 Å². The van der Waals surface area contributed by atoms with Gasteiger partial charge in [-0.1, -0.05) is 6.07 Å². The molecule has 0 unspecified atom stereocenters. The van der Waals surface area contributed by atoms with Gasteiger partial charge >= 0.3 is 0 Å². The highest BCUT2D eigenvalue weighted by Gasteiger charge is 2.07. The largest absolute Gasteiger partial charge is 0.390 e. The Kier molecular flexibility index (Phi) is 2.92. The van der Waals surface area contributed by atoms with Crippen molar-refractivity contribution in [1.82, 2.24) is 15.0 Å². The number of aryl methyl sites for hydroxylation is 2. The highest BCUT2D eigenvalue weighted by atomic mass is 16.3. The summed E-state index contributed by atoms with van der Waals surface area (Å²) in [5, 5.41) is 9.09. The first-order chi connectivity index (χ1) is 7.70. The Balaban J connectivity index is 2.56. The van der Waals surface area contributed by atoms with Crippen LogP contribution in [0.15, 0.2) is 24.4 Å². The van der Waals surface area contributed by atoms with Crippen LogP contribution in [-0.2, 0) is 6.61 Å². The van der Waals surface area contributed by atoms with Gasteiger partial charge in [0.05, 0.1) is 12.3 Å². The second kappa shape index (κ2) is 4.37. The van der Waals surface area contributed by atoms with Crippen LogP contribution in [0.2, 0.25) is 0 Å². The van der Waals surface area contributed by atoms with Crippen LogP contribution in [0.4, 0.5) is 0 Å². The lowest BCUT2D eigenvalue weighted by molar-refractivity contribution is 0.276. The van der Waals surface area contributed by atoms with Gasteiger partial charge in [-0.05, 0) is 31.5 Å². The Morgan fingerprint density at radius 1 is 1.25 bits per heavy atom. The molecule has 0 aliphatic carbocycles. The predicted octanol–water partition coefficient (Wildman–Crippen LogP) is 1.65. The lowest BCUT2D eigenvalue weighted by Crippen LogP contribution is -2.00. The van der Waals surface area contributed by atoms with Crippen LogP contribution in [0.25, 0.3) is 11.5 Å². The fraction of sp³-hybridized carbons (Fsp3) is 0.250. The summed E-state index contributed by atoms with van der Waals surface area (Å²) in [4.78, 5) is 12.8. The molecule has 4 heteroatoms. The van der Waals surface area contributed by atoms with Crippen molar-refractivity contribution in [3.05, 3.63) is 41.3 Å². The van der Waals surface area contributed by atoms with E-state index in [0.29, 0.717) is 11.5 Å². The van der Waals surface area contributed by atoms with E-state index in [1.165, 1.54) is 0 Å². The molecular weight excluding hydrogens is 202 g/mol. The molecule has 0 aliphatic heterocycles. The predicted molar refractivity (Wildman–Crippen MR) is 60.7 cm³/mol. The van der Waals surface area contributed by atoms with Gasteiger partial charge in [-0.3, -0.25) is 4.98 Å². The fourth-order valence-electron chi connectivity index (χ4n) is 1.54. The van der Waals surface area contributed by atoms with Gasteiger partial charge in [0.1, 0.15) is 5.69 Å². The van der Waals surface area contributed by atoms with E-state index in [1.54, 1.807) is 12.3 Å². The fourth-order valence-corrected chi connectivity index (χ4v) is 1.54. The Hall–Kier alpha value is -1.81. The zero-order chi connectivity index (χ0) is 11.5. The van der Waals surface area contributed by atoms with Crippen molar-refractivity contribution in [3.8, 4) is 11.5 Å². The molecule has 2 rings (SSSR count). The molecular formula is C12H13N3O. The number of aliphatic hydroxyl groups is 1. The summed E-state index contributed by atoms with van der Waals surface area (Å²) in [6, 6.07) is 5.61. The van der Waals surface area contributed by atoms with E-state index in [9.17, 15) is 0 Å². The maximum atomic E-state index is 9.09. The van der Waals surface area contributed by atoms with Crippen molar-refractivity contribution in [2.45, 2.75) is 20.5 Å². The van der Waals surface area contributed by atoms with E-state index in [0.717, 1.165) is 17.0 Å². The molecule has 0 saturated heterocycles. The van der Waals surface area contributed by atoms with Crippen molar-refractivity contribution >= 4 is 0 Å². The third kappa shape index (κ3) is 2.06. The summed E-state index contributed by atoms with van der Waals surface area (Å²) in [5.41, 5.74) is 3.24. The normalized spacial score (nSPS) is 10.4. The number of rotatable bonds is 2. The zero-order valence-electron chi connectivity index (χ0n) is 9.31. The van der Waals surface area contributed by atoms with Gasteiger partial charge in [0, 0.05) is 11.9 Å². The average Bonchev–Trinajstić information content (AvgIpc) is 2.28. The molecule has 82 valence electrons. The van der Waals surface area contributed by atoms with Crippen LogP contribution >= 0.6 is 0 Å². The Labute approximate surface area is 94.0 Å². The highest BCUT2D eigenvalue weighted by Crippen LogP contribution is 2.17. The first-order valence-electron chi connectivity index (χ1n) is 5.08. The monoisotopic (exact) mass is 215 g/mol. The third-order valence-corrected chi connectivity index (χ3v) is 2.29. The summed E-state index contributed by atoms with van der Waals surface area (Å²) >= 11 is 0. The number of pyridine rings is 1. The molecule has 2 aromatic heterocycles. The van der Waals surface area contributed by atoms with Gasteiger partial charge in [0.25, 0.3) is 0 Å². The Bertz CT molecular complexity index is 511.